The third-order valence-electron chi connectivity index (χ3n) is 6.45. The Morgan fingerprint density at radius 3 is 2.54 bits per heavy atom. The van der Waals surface area contributed by atoms with Crippen LogP contribution in [-0.2, 0) is 4.74 Å². The van der Waals surface area contributed by atoms with Gasteiger partial charge in [-0.1, -0.05) is 13.8 Å². The molecule has 3 atom stereocenters. The number of methoxy groups -OCH3 is 1. The lowest BCUT2D eigenvalue weighted by atomic mass is 10.0. The number of ether oxygens (including phenoxy) is 2. The highest BCUT2D eigenvalue weighted by atomic mass is 19.1. The number of nitrogens with one attached hydrogen (secondary N) is 1. The van der Waals surface area contributed by atoms with E-state index in [1.54, 1.807) is 37.3 Å². The normalized spacial score (nSPS) is 21.9. The topological polar surface area (TPSA) is 71.1 Å². The lowest BCUT2D eigenvalue weighted by molar-refractivity contribution is 0.0108. The standard InChI is InChI=1S/C27H36FN3O4/c1-6-13-31-15-18(2)25(34-5)16-30(4)27(33)23-12-11-22(14-24(23)35-17-19(31)3)29-26(32)20-7-9-21(28)10-8-20/h7-12,14,18-19,25H,6,13,15-17H2,1-5H3,(H,29,32)/t18-,19+,25+/m1/s1. The summed E-state index contributed by atoms with van der Waals surface area (Å²) in [6.07, 6.45) is 0.914. The van der Waals surface area contributed by atoms with Crippen molar-refractivity contribution in [2.24, 2.45) is 5.92 Å². The van der Waals surface area contributed by atoms with Gasteiger partial charge in [0.15, 0.2) is 0 Å². The van der Waals surface area contributed by atoms with Gasteiger partial charge in [0.2, 0.25) is 0 Å². The SMILES string of the molecule is CCCN1C[C@@H](C)[C@@H](OC)CN(C)C(=O)c2ccc(NC(=O)c3ccc(F)cc3)cc2OC[C@@H]1C. The summed E-state index contributed by atoms with van der Waals surface area (Å²) in [4.78, 5) is 30.0. The van der Waals surface area contributed by atoms with Crippen LogP contribution in [0.1, 0.15) is 47.9 Å². The Hall–Kier alpha value is -2.97. The van der Waals surface area contributed by atoms with E-state index in [2.05, 4.69) is 31.0 Å². The van der Waals surface area contributed by atoms with Crippen molar-refractivity contribution in [2.45, 2.75) is 39.3 Å². The van der Waals surface area contributed by atoms with Crippen molar-refractivity contribution in [2.75, 3.05) is 45.7 Å². The average Bonchev–Trinajstić information content (AvgIpc) is 2.84. The Balaban J connectivity index is 1.90. The number of nitrogens with zero attached hydrogens (tertiary/aromatic N) is 2. The van der Waals surface area contributed by atoms with Gasteiger partial charge in [0.05, 0.1) is 11.7 Å². The summed E-state index contributed by atoms with van der Waals surface area (Å²) in [6, 6.07) is 10.4. The minimum Gasteiger partial charge on any atom is -0.491 e. The van der Waals surface area contributed by atoms with Crippen LogP contribution < -0.4 is 10.1 Å². The van der Waals surface area contributed by atoms with E-state index >= 15 is 0 Å². The van der Waals surface area contributed by atoms with Gasteiger partial charge in [0.1, 0.15) is 18.2 Å². The first-order valence-corrected chi connectivity index (χ1v) is 12.1. The van der Waals surface area contributed by atoms with Crippen LogP contribution in [0.4, 0.5) is 10.1 Å². The van der Waals surface area contributed by atoms with Gasteiger partial charge in [-0.3, -0.25) is 14.5 Å². The number of carbonyl (C=O) groups excluding carboxylic acids is 2. The smallest absolute Gasteiger partial charge is 0.257 e. The Morgan fingerprint density at radius 1 is 1.17 bits per heavy atom. The molecule has 35 heavy (non-hydrogen) atoms. The van der Waals surface area contributed by atoms with E-state index in [9.17, 15) is 14.0 Å². The van der Waals surface area contributed by atoms with Crippen LogP contribution in [0.2, 0.25) is 0 Å². The molecule has 8 heteroatoms. The monoisotopic (exact) mass is 485 g/mol. The number of fused-ring (bicyclic) bond motifs is 1. The summed E-state index contributed by atoms with van der Waals surface area (Å²) in [5.74, 6) is -0.323. The zero-order chi connectivity index (χ0) is 25.5. The van der Waals surface area contributed by atoms with Gasteiger partial charge in [-0.25, -0.2) is 4.39 Å². The highest BCUT2D eigenvalue weighted by Gasteiger charge is 2.28. The maximum absolute atomic E-state index is 13.3. The Bertz CT molecular complexity index is 1010. The molecule has 1 aliphatic rings. The first-order valence-electron chi connectivity index (χ1n) is 12.1. The molecule has 3 rings (SSSR count). The highest BCUT2D eigenvalue weighted by molar-refractivity contribution is 6.05. The van der Waals surface area contributed by atoms with Gasteiger partial charge in [0, 0.05) is 50.6 Å². The fourth-order valence-corrected chi connectivity index (χ4v) is 4.33. The van der Waals surface area contributed by atoms with Crippen LogP contribution >= 0.6 is 0 Å². The van der Waals surface area contributed by atoms with E-state index in [1.165, 1.54) is 24.3 Å². The fourth-order valence-electron chi connectivity index (χ4n) is 4.33. The van der Waals surface area contributed by atoms with Gasteiger partial charge in [-0.15, -0.1) is 0 Å². The number of carbonyl (C=O) groups is 2. The quantitative estimate of drug-likeness (QED) is 0.684. The molecule has 0 aromatic heterocycles. The predicted molar refractivity (Wildman–Crippen MR) is 135 cm³/mol. The molecule has 0 radical (unpaired) electrons. The number of likely N-dealkylation sites (N-methyl/N-ethyl adjacent to an activating group) is 1. The molecule has 7 nitrogen and oxygen atoms in total. The van der Waals surface area contributed by atoms with E-state index < -0.39 is 5.82 Å². The molecule has 0 bridgehead atoms. The van der Waals surface area contributed by atoms with Gasteiger partial charge in [-0.05, 0) is 62.2 Å². The lowest BCUT2D eigenvalue weighted by Crippen LogP contribution is -2.46. The van der Waals surface area contributed by atoms with Crippen molar-refractivity contribution in [1.29, 1.82) is 0 Å². The second kappa shape index (κ2) is 12.1. The number of halogens is 1. The van der Waals surface area contributed by atoms with E-state index in [0.717, 1.165) is 19.5 Å². The summed E-state index contributed by atoms with van der Waals surface area (Å²) < 4.78 is 25.1. The summed E-state index contributed by atoms with van der Waals surface area (Å²) in [5, 5.41) is 2.81. The van der Waals surface area contributed by atoms with Crippen molar-refractivity contribution in [1.82, 2.24) is 9.80 Å². The maximum Gasteiger partial charge on any atom is 0.257 e. The minimum absolute atomic E-state index is 0.103. The number of rotatable bonds is 5. The molecule has 0 saturated heterocycles. The number of amides is 2. The molecule has 1 N–H and O–H groups in total. The summed E-state index contributed by atoms with van der Waals surface area (Å²) in [5.41, 5.74) is 1.24. The minimum atomic E-state index is -0.409. The van der Waals surface area contributed by atoms with E-state index in [-0.39, 0.29) is 29.9 Å². The summed E-state index contributed by atoms with van der Waals surface area (Å²) >= 11 is 0. The van der Waals surface area contributed by atoms with Crippen LogP contribution in [0, 0.1) is 11.7 Å². The molecule has 0 saturated carbocycles. The number of hydrogen-bond acceptors (Lipinski definition) is 5. The molecular weight excluding hydrogens is 449 g/mol. The van der Waals surface area contributed by atoms with Crippen molar-refractivity contribution < 1.29 is 23.5 Å². The Labute approximate surface area is 207 Å². The third kappa shape index (κ3) is 6.80. The molecule has 0 aliphatic carbocycles. The molecule has 0 fully saturated rings. The molecule has 1 aliphatic heterocycles. The van der Waals surface area contributed by atoms with Crippen molar-refractivity contribution in [3.63, 3.8) is 0 Å². The van der Waals surface area contributed by atoms with Gasteiger partial charge in [0.25, 0.3) is 11.8 Å². The molecule has 0 spiro atoms. The average molecular weight is 486 g/mol. The summed E-state index contributed by atoms with van der Waals surface area (Å²) in [6.45, 7) is 9.03. The maximum atomic E-state index is 13.3. The first-order chi connectivity index (χ1) is 16.7. The zero-order valence-electron chi connectivity index (χ0n) is 21.2. The summed E-state index contributed by atoms with van der Waals surface area (Å²) in [7, 11) is 3.44. The first kappa shape index (κ1) is 26.6. The fraction of sp³-hybridized carbons (Fsp3) is 0.481. The van der Waals surface area contributed by atoms with Crippen LogP contribution in [0.15, 0.2) is 42.5 Å². The van der Waals surface area contributed by atoms with Crippen molar-refractivity contribution in [3.8, 4) is 5.75 Å². The van der Waals surface area contributed by atoms with Crippen LogP contribution in [0.5, 0.6) is 5.75 Å². The molecule has 1 heterocycles. The lowest BCUT2D eigenvalue weighted by Gasteiger charge is -2.35. The van der Waals surface area contributed by atoms with E-state index in [0.29, 0.717) is 35.7 Å². The second-order valence-electron chi connectivity index (χ2n) is 9.26. The second-order valence-corrected chi connectivity index (χ2v) is 9.26. The zero-order valence-corrected chi connectivity index (χ0v) is 21.2. The molecule has 0 unspecified atom stereocenters. The number of benzene rings is 2. The van der Waals surface area contributed by atoms with Crippen LogP contribution in [0.25, 0.3) is 0 Å². The molecule has 190 valence electrons. The third-order valence-corrected chi connectivity index (χ3v) is 6.45. The number of anilines is 1. The largest absolute Gasteiger partial charge is 0.491 e. The Kier molecular flexibility index (Phi) is 9.23. The molecular formula is C27H36FN3O4. The Morgan fingerprint density at radius 2 is 1.89 bits per heavy atom. The highest BCUT2D eigenvalue weighted by Crippen LogP contribution is 2.27. The van der Waals surface area contributed by atoms with Gasteiger partial charge >= 0.3 is 0 Å². The molecule has 2 aromatic carbocycles. The molecule has 2 amide bonds. The predicted octanol–water partition coefficient (Wildman–Crippen LogP) is 4.29. The van der Waals surface area contributed by atoms with Crippen LogP contribution in [-0.4, -0.2) is 74.2 Å². The van der Waals surface area contributed by atoms with Crippen molar-refractivity contribution >= 4 is 17.5 Å². The molecule has 2 aromatic rings. The van der Waals surface area contributed by atoms with E-state index in [4.69, 9.17) is 9.47 Å². The van der Waals surface area contributed by atoms with Crippen LogP contribution in [0.3, 0.4) is 0 Å². The number of hydrogen-bond donors (Lipinski definition) is 1. The van der Waals surface area contributed by atoms with Gasteiger partial charge < -0.3 is 19.7 Å². The van der Waals surface area contributed by atoms with Gasteiger partial charge in [-0.2, -0.15) is 0 Å². The van der Waals surface area contributed by atoms with E-state index in [1.807, 2.05) is 0 Å². The van der Waals surface area contributed by atoms with Crippen molar-refractivity contribution in [3.05, 3.63) is 59.4 Å².